The summed E-state index contributed by atoms with van der Waals surface area (Å²) >= 11 is 6.27. The van der Waals surface area contributed by atoms with Crippen molar-refractivity contribution in [3.05, 3.63) is 57.6 Å². The molecule has 0 aromatic heterocycles. The lowest BCUT2D eigenvalue weighted by Gasteiger charge is -2.33. The molecule has 0 spiro atoms. The molecule has 1 heterocycles. The number of hydrogen-bond donors (Lipinski definition) is 0. The van der Waals surface area contributed by atoms with Crippen molar-refractivity contribution in [1.82, 2.24) is 0 Å². The number of nitrogens with zero attached hydrogens (tertiary/aromatic N) is 1. The van der Waals surface area contributed by atoms with Crippen molar-refractivity contribution >= 4 is 17.4 Å². The Bertz CT molecular complexity index is 891. The standard InChI is InChI=1S/C18H16ClNO7/c1-24-13-8-10(9-14(25-2)15(13)26-3)17-18(19,20(22)23)16(21)11-6-4-5-7-12(11)27-17/h4-9,17H,1-3H3. The Labute approximate surface area is 159 Å². The average molecular weight is 394 g/mol. The molecule has 2 aromatic rings. The summed E-state index contributed by atoms with van der Waals surface area (Å²) in [5, 5.41) is 11.8. The lowest BCUT2D eigenvalue weighted by Crippen LogP contribution is -2.51. The van der Waals surface area contributed by atoms with E-state index >= 15 is 0 Å². The maximum atomic E-state index is 12.9. The zero-order valence-electron chi connectivity index (χ0n) is 14.7. The molecule has 2 aromatic carbocycles. The van der Waals surface area contributed by atoms with Crippen LogP contribution in [0.5, 0.6) is 23.0 Å². The van der Waals surface area contributed by atoms with Crippen molar-refractivity contribution in [1.29, 1.82) is 0 Å². The number of rotatable bonds is 5. The molecule has 9 heteroatoms. The smallest absolute Gasteiger partial charge is 0.397 e. The minimum Gasteiger partial charge on any atom is -0.493 e. The summed E-state index contributed by atoms with van der Waals surface area (Å²) in [4.78, 5) is 21.3. The van der Waals surface area contributed by atoms with E-state index in [1.165, 1.54) is 39.5 Å². The fraction of sp³-hybridized carbons (Fsp3) is 0.278. The topological polar surface area (TPSA) is 97.1 Å². The number of ketones is 1. The Morgan fingerprint density at radius 3 is 2.22 bits per heavy atom. The molecule has 142 valence electrons. The number of halogens is 1. The molecule has 1 aliphatic rings. The number of Topliss-reactive ketones (excluding diaryl/α,β-unsaturated/α-hetero) is 1. The van der Waals surface area contributed by atoms with Gasteiger partial charge in [0.05, 0.1) is 31.8 Å². The predicted octanol–water partition coefficient (Wildman–Crippen LogP) is 3.24. The molecule has 0 saturated heterocycles. The van der Waals surface area contributed by atoms with Gasteiger partial charge in [0, 0.05) is 5.56 Å². The van der Waals surface area contributed by atoms with Crippen molar-refractivity contribution in [2.75, 3.05) is 21.3 Å². The fourth-order valence-electron chi connectivity index (χ4n) is 2.99. The van der Waals surface area contributed by atoms with E-state index in [4.69, 9.17) is 30.5 Å². The van der Waals surface area contributed by atoms with Gasteiger partial charge in [-0.3, -0.25) is 14.9 Å². The van der Waals surface area contributed by atoms with Crippen LogP contribution in [-0.4, -0.2) is 37.0 Å². The summed E-state index contributed by atoms with van der Waals surface area (Å²) in [5.41, 5.74) is 0.284. The third-order valence-electron chi connectivity index (χ3n) is 4.30. The number of alkyl halides is 1. The van der Waals surface area contributed by atoms with Crippen molar-refractivity contribution in [2.24, 2.45) is 0 Å². The monoisotopic (exact) mass is 393 g/mol. The molecular formula is C18H16ClNO7. The van der Waals surface area contributed by atoms with E-state index in [-0.39, 0.29) is 28.4 Å². The van der Waals surface area contributed by atoms with E-state index < -0.39 is 21.8 Å². The molecule has 1 aliphatic heterocycles. The first-order chi connectivity index (χ1) is 12.9. The van der Waals surface area contributed by atoms with Crippen LogP contribution in [-0.2, 0) is 0 Å². The fourth-order valence-corrected chi connectivity index (χ4v) is 3.26. The van der Waals surface area contributed by atoms with Crippen LogP contribution >= 0.6 is 11.6 Å². The SMILES string of the molecule is COc1cc(C2Oc3ccccc3C(=O)C2(Cl)[N+](=O)[O-])cc(OC)c1OC. The van der Waals surface area contributed by atoms with Gasteiger partial charge in [-0.1, -0.05) is 12.1 Å². The molecule has 0 N–H and O–H groups in total. The second-order valence-corrected chi connectivity index (χ2v) is 6.29. The zero-order chi connectivity index (χ0) is 19.8. The molecule has 0 amide bonds. The third-order valence-corrected chi connectivity index (χ3v) is 4.81. The second-order valence-electron chi connectivity index (χ2n) is 5.71. The Balaban J connectivity index is 2.23. The largest absolute Gasteiger partial charge is 0.493 e. The van der Waals surface area contributed by atoms with Crippen molar-refractivity contribution in [2.45, 2.75) is 11.1 Å². The highest BCUT2D eigenvalue weighted by molar-refractivity contribution is 6.37. The number of nitro groups is 1. The van der Waals surface area contributed by atoms with Crippen LogP contribution in [0.1, 0.15) is 22.0 Å². The van der Waals surface area contributed by atoms with Crippen LogP contribution in [0.3, 0.4) is 0 Å². The molecular weight excluding hydrogens is 378 g/mol. The Kier molecular flexibility index (Phi) is 4.84. The minimum absolute atomic E-state index is 0.0490. The van der Waals surface area contributed by atoms with E-state index in [9.17, 15) is 14.9 Å². The van der Waals surface area contributed by atoms with Gasteiger partial charge in [-0.05, 0) is 35.9 Å². The van der Waals surface area contributed by atoms with Crippen molar-refractivity contribution in [3.63, 3.8) is 0 Å². The molecule has 0 bridgehead atoms. The number of carbonyl (C=O) groups is 1. The molecule has 0 fully saturated rings. The van der Waals surface area contributed by atoms with Gasteiger partial charge >= 0.3 is 5.00 Å². The predicted molar refractivity (Wildman–Crippen MR) is 95.8 cm³/mol. The summed E-state index contributed by atoms with van der Waals surface area (Å²) in [7, 11) is 4.25. The van der Waals surface area contributed by atoms with Crippen LogP contribution in [0.25, 0.3) is 0 Å². The molecule has 0 radical (unpaired) electrons. The Hall–Kier alpha value is -3.00. The number of methoxy groups -OCH3 is 3. The number of carbonyl (C=O) groups excluding carboxylic acids is 1. The van der Waals surface area contributed by atoms with Crippen LogP contribution < -0.4 is 18.9 Å². The first-order valence-corrected chi connectivity index (χ1v) is 8.20. The first kappa shape index (κ1) is 18.8. The Morgan fingerprint density at radius 1 is 1.11 bits per heavy atom. The van der Waals surface area contributed by atoms with E-state index in [2.05, 4.69) is 0 Å². The maximum Gasteiger partial charge on any atom is 0.397 e. The molecule has 27 heavy (non-hydrogen) atoms. The van der Waals surface area contributed by atoms with Gasteiger partial charge in [0.2, 0.25) is 11.9 Å². The number of benzene rings is 2. The highest BCUT2D eigenvalue weighted by Gasteiger charge is 2.62. The van der Waals surface area contributed by atoms with Crippen molar-refractivity contribution in [3.8, 4) is 23.0 Å². The molecule has 2 atom stereocenters. The maximum absolute atomic E-state index is 12.9. The van der Waals surface area contributed by atoms with Gasteiger partial charge in [-0.25, -0.2) is 0 Å². The van der Waals surface area contributed by atoms with Crippen LogP contribution in [0.4, 0.5) is 0 Å². The van der Waals surface area contributed by atoms with Crippen LogP contribution in [0.2, 0.25) is 0 Å². The lowest BCUT2D eigenvalue weighted by molar-refractivity contribution is -0.536. The molecule has 3 rings (SSSR count). The quantitative estimate of drug-likeness (QED) is 0.333. The third kappa shape index (κ3) is 2.82. The summed E-state index contributed by atoms with van der Waals surface area (Å²) < 4.78 is 21.6. The average Bonchev–Trinajstić information content (AvgIpc) is 2.69. The van der Waals surface area contributed by atoms with Gasteiger partial charge in [0.15, 0.2) is 11.5 Å². The minimum atomic E-state index is -2.54. The van der Waals surface area contributed by atoms with Gasteiger partial charge in [-0.2, -0.15) is 0 Å². The molecule has 0 saturated carbocycles. The van der Waals surface area contributed by atoms with Crippen LogP contribution in [0, 0.1) is 10.1 Å². The van der Waals surface area contributed by atoms with Crippen LogP contribution in [0.15, 0.2) is 36.4 Å². The normalized spacial score (nSPS) is 21.0. The van der Waals surface area contributed by atoms with Crippen molar-refractivity contribution < 1.29 is 28.7 Å². The van der Waals surface area contributed by atoms with Gasteiger partial charge < -0.3 is 18.9 Å². The van der Waals surface area contributed by atoms with E-state index in [0.29, 0.717) is 5.75 Å². The second kappa shape index (κ2) is 6.96. The molecule has 0 aliphatic carbocycles. The van der Waals surface area contributed by atoms with E-state index in [1.807, 2.05) is 0 Å². The highest BCUT2D eigenvalue weighted by Crippen LogP contribution is 2.48. The summed E-state index contributed by atoms with van der Waals surface area (Å²) in [6.07, 6.45) is -1.41. The Morgan fingerprint density at radius 2 is 1.70 bits per heavy atom. The summed E-state index contributed by atoms with van der Waals surface area (Å²) in [5.74, 6) is 0.162. The summed E-state index contributed by atoms with van der Waals surface area (Å²) in [6.45, 7) is 0. The van der Waals surface area contributed by atoms with E-state index in [1.54, 1.807) is 18.2 Å². The van der Waals surface area contributed by atoms with Gasteiger partial charge in [0.25, 0.3) is 5.78 Å². The molecule has 8 nitrogen and oxygen atoms in total. The number of hydrogen-bond acceptors (Lipinski definition) is 7. The first-order valence-electron chi connectivity index (χ1n) is 7.82. The lowest BCUT2D eigenvalue weighted by atomic mass is 9.90. The van der Waals surface area contributed by atoms with E-state index in [0.717, 1.165) is 0 Å². The number of ether oxygens (including phenoxy) is 4. The number of fused-ring (bicyclic) bond motifs is 1. The van der Waals surface area contributed by atoms with Gasteiger partial charge in [-0.15, -0.1) is 0 Å². The number of para-hydroxylation sites is 1. The zero-order valence-corrected chi connectivity index (χ0v) is 15.5. The molecule has 2 unspecified atom stereocenters. The van der Waals surface area contributed by atoms with Gasteiger partial charge in [0.1, 0.15) is 5.75 Å². The summed E-state index contributed by atoms with van der Waals surface area (Å²) in [6, 6.07) is 9.16. The highest BCUT2D eigenvalue weighted by atomic mass is 35.5.